The molecule has 0 aliphatic carbocycles. The normalized spacial score (nSPS) is 10.7. The molecular formula is C9H6BrClFN3. The standard InChI is InChI=1S/C9H6BrClFN3/c1-15-7(3-8(10)14-15)6-2-5(11)4-13-9(6)12/h2-4H,1H3. The molecule has 2 aromatic heterocycles. The third-order valence-electron chi connectivity index (χ3n) is 1.93. The van der Waals surface area contributed by atoms with Crippen molar-refractivity contribution in [2.24, 2.45) is 7.05 Å². The number of aromatic nitrogens is 3. The Bertz CT molecular complexity index is 512. The number of aryl methyl sites for hydroxylation is 1. The van der Waals surface area contributed by atoms with E-state index in [0.717, 1.165) is 0 Å². The summed E-state index contributed by atoms with van der Waals surface area (Å²) in [5.74, 6) is -0.560. The van der Waals surface area contributed by atoms with Gasteiger partial charge in [-0.15, -0.1) is 0 Å². The van der Waals surface area contributed by atoms with Gasteiger partial charge in [-0.25, -0.2) is 4.98 Å². The van der Waals surface area contributed by atoms with Gasteiger partial charge in [0, 0.05) is 13.2 Å². The fraction of sp³-hybridized carbons (Fsp3) is 0.111. The van der Waals surface area contributed by atoms with Crippen molar-refractivity contribution in [1.29, 1.82) is 0 Å². The molecule has 6 heteroatoms. The van der Waals surface area contributed by atoms with E-state index < -0.39 is 5.95 Å². The number of hydrogen-bond acceptors (Lipinski definition) is 2. The lowest BCUT2D eigenvalue weighted by Gasteiger charge is -2.02. The van der Waals surface area contributed by atoms with Crippen LogP contribution in [-0.2, 0) is 7.05 Å². The van der Waals surface area contributed by atoms with Crippen molar-refractivity contribution in [2.75, 3.05) is 0 Å². The van der Waals surface area contributed by atoms with Crippen LogP contribution >= 0.6 is 27.5 Å². The molecule has 0 aromatic carbocycles. The highest BCUT2D eigenvalue weighted by atomic mass is 79.9. The van der Waals surface area contributed by atoms with E-state index >= 15 is 0 Å². The predicted molar refractivity (Wildman–Crippen MR) is 59.1 cm³/mol. The number of pyridine rings is 1. The van der Waals surface area contributed by atoms with Crippen molar-refractivity contribution in [3.63, 3.8) is 0 Å². The van der Waals surface area contributed by atoms with Gasteiger partial charge in [-0.1, -0.05) is 11.6 Å². The van der Waals surface area contributed by atoms with E-state index in [1.807, 2.05) is 0 Å². The average molecular weight is 291 g/mol. The van der Waals surface area contributed by atoms with Gasteiger partial charge in [0.05, 0.1) is 16.3 Å². The fourth-order valence-electron chi connectivity index (χ4n) is 1.29. The smallest absolute Gasteiger partial charge is 0.222 e. The van der Waals surface area contributed by atoms with Crippen molar-refractivity contribution >= 4 is 27.5 Å². The van der Waals surface area contributed by atoms with Crippen molar-refractivity contribution in [3.8, 4) is 11.3 Å². The molecular weight excluding hydrogens is 284 g/mol. The van der Waals surface area contributed by atoms with E-state index in [0.29, 0.717) is 20.9 Å². The number of hydrogen-bond donors (Lipinski definition) is 0. The zero-order valence-corrected chi connectivity index (χ0v) is 10.0. The molecule has 2 rings (SSSR count). The van der Waals surface area contributed by atoms with Crippen LogP contribution in [0.15, 0.2) is 22.9 Å². The van der Waals surface area contributed by atoms with Gasteiger partial charge < -0.3 is 0 Å². The van der Waals surface area contributed by atoms with Gasteiger partial charge in [0.2, 0.25) is 5.95 Å². The van der Waals surface area contributed by atoms with Crippen LogP contribution in [0, 0.1) is 5.95 Å². The lowest BCUT2D eigenvalue weighted by molar-refractivity contribution is 0.585. The van der Waals surface area contributed by atoms with Gasteiger partial charge in [0.15, 0.2) is 0 Å². The molecule has 0 fully saturated rings. The Morgan fingerprint density at radius 1 is 1.47 bits per heavy atom. The zero-order chi connectivity index (χ0) is 11.0. The first-order valence-corrected chi connectivity index (χ1v) is 5.26. The van der Waals surface area contributed by atoms with Crippen LogP contribution in [-0.4, -0.2) is 14.8 Å². The topological polar surface area (TPSA) is 30.7 Å². The van der Waals surface area contributed by atoms with Crippen LogP contribution in [0.1, 0.15) is 0 Å². The third kappa shape index (κ3) is 2.03. The van der Waals surface area contributed by atoms with E-state index in [4.69, 9.17) is 11.6 Å². The van der Waals surface area contributed by atoms with Crippen LogP contribution in [0.4, 0.5) is 4.39 Å². The molecule has 0 saturated heterocycles. The second-order valence-corrected chi connectivity index (χ2v) is 4.22. The maximum atomic E-state index is 13.4. The van der Waals surface area contributed by atoms with E-state index in [1.165, 1.54) is 12.3 Å². The molecule has 0 amide bonds. The first-order valence-electron chi connectivity index (χ1n) is 4.09. The summed E-state index contributed by atoms with van der Waals surface area (Å²) >= 11 is 8.97. The van der Waals surface area contributed by atoms with Crippen LogP contribution < -0.4 is 0 Å². The van der Waals surface area contributed by atoms with Gasteiger partial charge in [-0.2, -0.15) is 9.49 Å². The Balaban J connectivity index is 2.62. The summed E-state index contributed by atoms with van der Waals surface area (Å²) < 4.78 is 15.6. The molecule has 0 atom stereocenters. The van der Waals surface area contributed by atoms with Crippen LogP contribution in [0.3, 0.4) is 0 Å². The van der Waals surface area contributed by atoms with E-state index in [9.17, 15) is 4.39 Å². The van der Waals surface area contributed by atoms with Crippen molar-refractivity contribution in [3.05, 3.63) is 33.9 Å². The number of halogens is 3. The van der Waals surface area contributed by atoms with Crippen molar-refractivity contribution in [2.45, 2.75) is 0 Å². The lowest BCUT2D eigenvalue weighted by Crippen LogP contribution is -1.96. The third-order valence-corrected chi connectivity index (χ3v) is 2.53. The summed E-state index contributed by atoms with van der Waals surface area (Å²) in [6, 6.07) is 3.23. The van der Waals surface area contributed by atoms with E-state index in [2.05, 4.69) is 26.0 Å². The second kappa shape index (κ2) is 3.90. The predicted octanol–water partition coefficient (Wildman–Crippen LogP) is 3.04. The molecule has 0 unspecified atom stereocenters. The van der Waals surface area contributed by atoms with E-state index in [1.54, 1.807) is 17.8 Å². The zero-order valence-electron chi connectivity index (χ0n) is 7.71. The molecule has 2 heterocycles. The molecule has 0 saturated carbocycles. The molecule has 15 heavy (non-hydrogen) atoms. The Morgan fingerprint density at radius 3 is 2.80 bits per heavy atom. The number of rotatable bonds is 1. The Morgan fingerprint density at radius 2 is 2.20 bits per heavy atom. The summed E-state index contributed by atoms with van der Waals surface area (Å²) in [7, 11) is 1.72. The maximum absolute atomic E-state index is 13.4. The molecule has 0 aliphatic rings. The highest BCUT2D eigenvalue weighted by Gasteiger charge is 2.12. The summed E-state index contributed by atoms with van der Waals surface area (Å²) in [4.78, 5) is 3.55. The summed E-state index contributed by atoms with van der Waals surface area (Å²) in [5, 5.41) is 4.45. The van der Waals surface area contributed by atoms with Gasteiger partial charge in [-0.05, 0) is 28.1 Å². The van der Waals surface area contributed by atoms with Gasteiger partial charge >= 0.3 is 0 Å². The highest BCUT2D eigenvalue weighted by molar-refractivity contribution is 9.10. The second-order valence-electron chi connectivity index (χ2n) is 2.97. The minimum atomic E-state index is -0.560. The van der Waals surface area contributed by atoms with Crippen LogP contribution in [0.2, 0.25) is 5.02 Å². The molecule has 2 aromatic rings. The molecule has 0 bridgehead atoms. The Kier molecular flexibility index (Phi) is 2.75. The van der Waals surface area contributed by atoms with Gasteiger partial charge in [0.25, 0.3) is 0 Å². The maximum Gasteiger partial charge on any atom is 0.222 e. The Hall–Kier alpha value is -0.940. The molecule has 78 valence electrons. The largest absolute Gasteiger partial charge is 0.267 e. The van der Waals surface area contributed by atoms with Crippen molar-refractivity contribution < 1.29 is 4.39 Å². The molecule has 0 spiro atoms. The summed E-state index contributed by atoms with van der Waals surface area (Å²) in [6.07, 6.45) is 1.27. The van der Waals surface area contributed by atoms with E-state index in [-0.39, 0.29) is 0 Å². The SMILES string of the molecule is Cn1nc(Br)cc1-c1cc(Cl)cnc1F. The van der Waals surface area contributed by atoms with Crippen LogP contribution in [0.25, 0.3) is 11.3 Å². The summed E-state index contributed by atoms with van der Waals surface area (Å²) in [6.45, 7) is 0. The molecule has 0 N–H and O–H groups in total. The monoisotopic (exact) mass is 289 g/mol. The van der Waals surface area contributed by atoms with Gasteiger partial charge in [0.1, 0.15) is 4.60 Å². The minimum Gasteiger partial charge on any atom is -0.267 e. The lowest BCUT2D eigenvalue weighted by atomic mass is 10.2. The molecule has 0 aliphatic heterocycles. The molecule has 3 nitrogen and oxygen atoms in total. The highest BCUT2D eigenvalue weighted by Crippen LogP contribution is 2.26. The average Bonchev–Trinajstić information content (AvgIpc) is 2.50. The fourth-order valence-corrected chi connectivity index (χ4v) is 1.90. The quantitative estimate of drug-likeness (QED) is 0.756. The molecule has 0 radical (unpaired) electrons. The summed E-state index contributed by atoms with van der Waals surface area (Å²) in [5.41, 5.74) is 0.956. The minimum absolute atomic E-state index is 0.336. The van der Waals surface area contributed by atoms with Crippen molar-refractivity contribution in [1.82, 2.24) is 14.8 Å². The van der Waals surface area contributed by atoms with Crippen LogP contribution in [0.5, 0.6) is 0 Å². The number of nitrogens with zero attached hydrogens (tertiary/aromatic N) is 3. The first kappa shape index (κ1) is 10.6. The first-order chi connectivity index (χ1) is 7.08. The Labute approximate surface area is 99.0 Å². The van der Waals surface area contributed by atoms with Gasteiger partial charge in [-0.3, -0.25) is 4.68 Å².